The second kappa shape index (κ2) is 13.0. The van der Waals surface area contributed by atoms with E-state index in [0.29, 0.717) is 12.0 Å². The molecule has 37 heavy (non-hydrogen) atoms. The lowest BCUT2D eigenvalue weighted by Crippen LogP contribution is -2.70. The van der Waals surface area contributed by atoms with E-state index in [4.69, 9.17) is 16.2 Å². The van der Waals surface area contributed by atoms with E-state index < -0.39 is 24.4 Å². The summed E-state index contributed by atoms with van der Waals surface area (Å²) in [6, 6.07) is 0.551. The molecule has 0 spiro atoms. The van der Waals surface area contributed by atoms with Gasteiger partial charge in [0.25, 0.3) is 0 Å². The van der Waals surface area contributed by atoms with Crippen molar-refractivity contribution in [3.63, 3.8) is 0 Å². The average Bonchev–Trinajstić information content (AvgIpc) is 3.46. The largest absolute Gasteiger partial charge is 0.380 e. The molecular weight excluding hydrogens is 475 g/mol. The molecule has 0 aromatic rings. The highest BCUT2D eigenvalue weighted by atomic mass is 19.1. The number of rotatable bonds is 7. The van der Waals surface area contributed by atoms with Gasteiger partial charge in [-0.15, -0.1) is 0 Å². The number of hydrogen-bond acceptors (Lipinski definition) is 9. The number of piperazine rings is 1. The van der Waals surface area contributed by atoms with Gasteiger partial charge in [-0.2, -0.15) is 0 Å². The fourth-order valence-electron chi connectivity index (χ4n) is 7.39. The fraction of sp³-hybridized carbons (Fsp3) is 0.962. The van der Waals surface area contributed by atoms with Crippen molar-refractivity contribution in [2.24, 2.45) is 23.3 Å². The zero-order valence-corrected chi connectivity index (χ0v) is 22.3. The van der Waals surface area contributed by atoms with Gasteiger partial charge >= 0.3 is 0 Å². The highest BCUT2D eigenvalue weighted by Crippen LogP contribution is 2.30. The number of carbonyl (C=O) groups excluding carboxylic acids is 1. The number of halogens is 1. The number of nitrogens with one attached hydrogen (secondary N) is 4. The zero-order chi connectivity index (χ0) is 25.8. The molecule has 5 rings (SSSR count). The lowest BCUT2D eigenvalue weighted by molar-refractivity contribution is -0.129. The standard InChI is InChI=1S/C26H49FN8O2/c27-19-14-31-25(33-23(19)17-4-2-1-3-5-17)22(24(28)29)26(36)32-20-15-30-8-6-21(20)35-11-9-34(10-12-35)18-7-13-37-16-18/h17-25,30-31,33H,1-16,28-29H2,(H,32,36). The van der Waals surface area contributed by atoms with E-state index in [2.05, 4.69) is 31.1 Å². The molecule has 0 aromatic carbocycles. The molecule has 4 aliphatic heterocycles. The Bertz CT molecular complexity index is 727. The van der Waals surface area contributed by atoms with Crippen LogP contribution in [0.15, 0.2) is 0 Å². The third-order valence-corrected chi connectivity index (χ3v) is 9.54. The van der Waals surface area contributed by atoms with Crippen molar-refractivity contribution in [2.45, 2.75) is 87.6 Å². The maximum atomic E-state index is 14.9. The van der Waals surface area contributed by atoms with Crippen LogP contribution in [-0.2, 0) is 9.53 Å². The number of piperidine rings is 1. The highest BCUT2D eigenvalue weighted by Gasteiger charge is 2.43. The van der Waals surface area contributed by atoms with E-state index in [0.717, 1.165) is 91.0 Å². The number of ether oxygens (including phenoxy) is 1. The van der Waals surface area contributed by atoms with Gasteiger partial charge in [0.2, 0.25) is 5.91 Å². The summed E-state index contributed by atoms with van der Waals surface area (Å²) in [6.07, 6.45) is 5.44. The molecule has 0 radical (unpaired) electrons. The predicted octanol–water partition coefficient (Wildman–Crippen LogP) is -1.09. The minimum atomic E-state index is -0.974. The molecule has 1 amide bonds. The van der Waals surface area contributed by atoms with Crippen molar-refractivity contribution in [3.05, 3.63) is 0 Å². The lowest BCUT2D eigenvalue weighted by Gasteiger charge is -2.46. The maximum absolute atomic E-state index is 14.9. The molecule has 0 aromatic heterocycles. The van der Waals surface area contributed by atoms with Gasteiger partial charge in [-0.25, -0.2) is 4.39 Å². The molecule has 7 unspecified atom stereocenters. The first-order valence-corrected chi connectivity index (χ1v) is 14.7. The molecule has 212 valence electrons. The molecule has 1 saturated carbocycles. The number of nitrogens with zero attached hydrogens (tertiary/aromatic N) is 2. The van der Waals surface area contributed by atoms with Gasteiger partial charge in [-0.05, 0) is 38.1 Å². The van der Waals surface area contributed by atoms with Crippen LogP contribution in [0.3, 0.4) is 0 Å². The van der Waals surface area contributed by atoms with Crippen molar-refractivity contribution < 1.29 is 13.9 Å². The van der Waals surface area contributed by atoms with Crippen LogP contribution in [0.2, 0.25) is 0 Å². The van der Waals surface area contributed by atoms with Crippen LogP contribution >= 0.6 is 0 Å². The molecule has 0 bridgehead atoms. The van der Waals surface area contributed by atoms with Crippen LogP contribution in [0.5, 0.6) is 0 Å². The third kappa shape index (κ3) is 6.63. The van der Waals surface area contributed by atoms with Crippen molar-refractivity contribution >= 4 is 5.91 Å². The third-order valence-electron chi connectivity index (χ3n) is 9.54. The summed E-state index contributed by atoms with van der Waals surface area (Å²) in [6.45, 7) is 7.69. The summed E-state index contributed by atoms with van der Waals surface area (Å²) in [4.78, 5) is 18.8. The van der Waals surface area contributed by atoms with Gasteiger partial charge < -0.3 is 26.8 Å². The van der Waals surface area contributed by atoms with Crippen LogP contribution < -0.4 is 32.7 Å². The molecule has 1 aliphatic carbocycles. The Morgan fingerprint density at radius 1 is 1.00 bits per heavy atom. The molecule has 4 heterocycles. The van der Waals surface area contributed by atoms with Crippen LogP contribution in [0, 0.1) is 11.8 Å². The van der Waals surface area contributed by atoms with Gasteiger partial charge in [0, 0.05) is 64.0 Å². The maximum Gasteiger partial charge on any atom is 0.229 e. The minimum Gasteiger partial charge on any atom is -0.380 e. The Hall–Kier alpha value is -0.920. The van der Waals surface area contributed by atoms with E-state index in [1.165, 1.54) is 6.42 Å². The van der Waals surface area contributed by atoms with Crippen LogP contribution in [0.25, 0.3) is 0 Å². The van der Waals surface area contributed by atoms with E-state index in [9.17, 15) is 9.18 Å². The molecule has 4 saturated heterocycles. The summed E-state index contributed by atoms with van der Waals surface area (Å²) in [7, 11) is 0. The van der Waals surface area contributed by atoms with Crippen LogP contribution in [0.4, 0.5) is 4.39 Å². The molecule has 7 atom stereocenters. The molecule has 5 aliphatic rings. The monoisotopic (exact) mass is 524 g/mol. The molecule has 10 nitrogen and oxygen atoms in total. The topological polar surface area (TPSA) is 133 Å². The number of amides is 1. The Balaban J connectivity index is 1.19. The van der Waals surface area contributed by atoms with E-state index in [1.54, 1.807) is 0 Å². The van der Waals surface area contributed by atoms with E-state index in [-0.39, 0.29) is 30.6 Å². The fourth-order valence-corrected chi connectivity index (χ4v) is 7.39. The summed E-state index contributed by atoms with van der Waals surface area (Å²) in [5, 5.41) is 13.4. The van der Waals surface area contributed by atoms with Crippen LogP contribution in [-0.4, -0.2) is 117 Å². The number of nitrogens with two attached hydrogens (primary N) is 2. The first kappa shape index (κ1) is 27.6. The zero-order valence-electron chi connectivity index (χ0n) is 22.3. The highest BCUT2D eigenvalue weighted by molar-refractivity contribution is 5.80. The predicted molar refractivity (Wildman–Crippen MR) is 141 cm³/mol. The number of alkyl halides is 1. The Morgan fingerprint density at radius 3 is 2.46 bits per heavy atom. The number of carbonyl (C=O) groups is 1. The van der Waals surface area contributed by atoms with Gasteiger partial charge in [0.05, 0.1) is 30.9 Å². The Labute approximate surface area is 221 Å². The minimum absolute atomic E-state index is 0.0180. The first-order chi connectivity index (χ1) is 18.0. The van der Waals surface area contributed by atoms with Gasteiger partial charge in [0.15, 0.2) is 0 Å². The van der Waals surface area contributed by atoms with Crippen molar-refractivity contribution in [1.82, 2.24) is 31.1 Å². The first-order valence-electron chi connectivity index (χ1n) is 14.7. The quantitative estimate of drug-likeness (QED) is 0.230. The normalized spacial score (nSPS) is 38.1. The van der Waals surface area contributed by atoms with Gasteiger partial charge in [0.1, 0.15) is 6.17 Å². The summed E-state index contributed by atoms with van der Waals surface area (Å²) in [5.41, 5.74) is 12.4. The average molecular weight is 525 g/mol. The number of hydrogen-bond donors (Lipinski definition) is 6. The van der Waals surface area contributed by atoms with E-state index >= 15 is 0 Å². The van der Waals surface area contributed by atoms with Crippen molar-refractivity contribution in [3.8, 4) is 0 Å². The van der Waals surface area contributed by atoms with Crippen LogP contribution in [0.1, 0.15) is 44.9 Å². The summed E-state index contributed by atoms with van der Waals surface area (Å²) >= 11 is 0. The van der Waals surface area contributed by atoms with E-state index in [1.807, 2.05) is 0 Å². The lowest BCUT2D eigenvalue weighted by atomic mass is 9.80. The Morgan fingerprint density at radius 2 is 1.76 bits per heavy atom. The second-order valence-electron chi connectivity index (χ2n) is 11.9. The summed E-state index contributed by atoms with van der Waals surface area (Å²) in [5.74, 6) is -0.534. The second-order valence-corrected chi connectivity index (χ2v) is 11.9. The van der Waals surface area contributed by atoms with Gasteiger partial charge in [-0.3, -0.25) is 25.2 Å². The smallest absolute Gasteiger partial charge is 0.229 e. The Kier molecular flexibility index (Phi) is 9.68. The molecule has 8 N–H and O–H groups in total. The molecule has 11 heteroatoms. The van der Waals surface area contributed by atoms with Crippen molar-refractivity contribution in [2.75, 3.05) is 59.0 Å². The summed E-state index contributed by atoms with van der Waals surface area (Å²) < 4.78 is 20.5. The molecule has 5 fully saturated rings. The molecular formula is C26H49FN8O2. The van der Waals surface area contributed by atoms with Crippen molar-refractivity contribution in [1.29, 1.82) is 0 Å². The van der Waals surface area contributed by atoms with Gasteiger partial charge in [-0.1, -0.05) is 19.3 Å². The SMILES string of the molecule is NC(N)C(C(=O)NC1CNCCC1N1CCN(C2CCOC2)CC1)C1NCC(F)C(C2CCCCC2)N1.